The molecule has 0 aromatic heterocycles. The molecule has 0 unspecified atom stereocenters. The van der Waals surface area contributed by atoms with Gasteiger partial charge in [0.25, 0.3) is 0 Å². The quantitative estimate of drug-likeness (QED) is 0.198. The summed E-state index contributed by atoms with van der Waals surface area (Å²) < 4.78 is 11.8. The Balaban J connectivity index is 1.10. The minimum atomic E-state index is -1.14. The lowest BCUT2D eigenvalue weighted by Gasteiger charge is -2.73. The topological polar surface area (TPSA) is 96.4 Å². The highest BCUT2D eigenvalue weighted by molar-refractivity contribution is 5.81. The zero-order valence-electron chi connectivity index (χ0n) is 34.6. The Morgan fingerprint density at radius 1 is 0.849 bits per heavy atom. The maximum atomic E-state index is 14.3. The number of amides is 1. The minimum Gasteiger partial charge on any atom is -0.481 e. The zero-order valence-corrected chi connectivity index (χ0v) is 34.6. The van der Waals surface area contributed by atoms with Crippen LogP contribution in [-0.4, -0.2) is 84.3 Å². The van der Waals surface area contributed by atoms with Crippen molar-refractivity contribution in [2.24, 2.45) is 62.1 Å². The van der Waals surface area contributed by atoms with Gasteiger partial charge in [-0.25, -0.2) is 0 Å². The SMILES string of the molecule is C=C(C)[C@@H]1CC[C@]2(CC(=O)N3CC[C@H](N4CCOCC4)C3)CC[C@]3(C)[C@H](CC[C@@H]4[C@@]5(C)CC[C@H](OC(=O)CC(C)(C)C(=O)O)C(C)(C)[C@@H]5CC[C@]43C)[C@@H]12. The monoisotopic (exact) mass is 737 g/mol. The number of allylic oxidation sites excluding steroid dienone is 1. The van der Waals surface area contributed by atoms with Crippen molar-refractivity contribution in [3.8, 4) is 0 Å². The van der Waals surface area contributed by atoms with Crippen molar-refractivity contribution in [1.29, 1.82) is 0 Å². The molecule has 8 heteroatoms. The van der Waals surface area contributed by atoms with Crippen LogP contribution in [0.15, 0.2) is 12.2 Å². The molecule has 2 heterocycles. The van der Waals surface area contributed by atoms with E-state index in [2.05, 4.69) is 57.9 Å². The van der Waals surface area contributed by atoms with Gasteiger partial charge in [0.15, 0.2) is 0 Å². The van der Waals surface area contributed by atoms with Crippen LogP contribution in [0.1, 0.15) is 139 Å². The van der Waals surface area contributed by atoms with Crippen molar-refractivity contribution in [2.45, 2.75) is 151 Å². The van der Waals surface area contributed by atoms with E-state index in [9.17, 15) is 19.5 Å². The third kappa shape index (κ3) is 6.25. The van der Waals surface area contributed by atoms with Crippen molar-refractivity contribution < 1.29 is 29.0 Å². The number of ether oxygens (including phenoxy) is 2. The van der Waals surface area contributed by atoms with Gasteiger partial charge in [-0.15, -0.1) is 0 Å². The summed E-state index contributed by atoms with van der Waals surface area (Å²) >= 11 is 0. The first-order valence-electron chi connectivity index (χ1n) is 21.5. The van der Waals surface area contributed by atoms with Crippen LogP contribution < -0.4 is 0 Å². The summed E-state index contributed by atoms with van der Waals surface area (Å²) in [4.78, 5) is 44.0. The molecule has 298 valence electrons. The van der Waals surface area contributed by atoms with Crippen molar-refractivity contribution >= 4 is 17.8 Å². The molecule has 1 amide bonds. The summed E-state index contributed by atoms with van der Waals surface area (Å²) in [6.45, 7) is 28.0. The maximum absolute atomic E-state index is 14.3. The van der Waals surface area contributed by atoms with Crippen LogP contribution in [0.25, 0.3) is 0 Å². The molecule has 7 rings (SSSR count). The molecular weight excluding hydrogens is 665 g/mol. The molecule has 53 heavy (non-hydrogen) atoms. The van der Waals surface area contributed by atoms with Gasteiger partial charge in [0.1, 0.15) is 6.10 Å². The number of carboxylic acids is 1. The number of aliphatic carboxylic acids is 1. The fourth-order valence-electron chi connectivity index (χ4n) is 15.0. The average molecular weight is 737 g/mol. The molecule has 0 aromatic rings. The average Bonchev–Trinajstić information content (AvgIpc) is 3.73. The fraction of sp³-hybridized carbons (Fsp3) is 0.889. The minimum absolute atomic E-state index is 0.0748. The largest absolute Gasteiger partial charge is 0.481 e. The molecule has 0 aromatic carbocycles. The van der Waals surface area contributed by atoms with Gasteiger partial charge in [-0.1, -0.05) is 46.8 Å². The second kappa shape index (κ2) is 13.6. The Bertz CT molecular complexity index is 1470. The highest BCUT2D eigenvalue weighted by atomic mass is 16.5. The Morgan fingerprint density at radius 2 is 1.57 bits per heavy atom. The highest BCUT2D eigenvalue weighted by Crippen LogP contribution is 2.78. The van der Waals surface area contributed by atoms with Gasteiger partial charge in [0.2, 0.25) is 5.91 Å². The molecule has 2 aliphatic heterocycles. The number of likely N-dealkylation sites (tertiary alicyclic amines) is 1. The molecule has 11 atom stereocenters. The first-order chi connectivity index (χ1) is 24.8. The van der Waals surface area contributed by atoms with Crippen LogP contribution in [0.5, 0.6) is 0 Å². The second-order valence-electron chi connectivity index (χ2n) is 21.4. The maximum Gasteiger partial charge on any atom is 0.309 e. The van der Waals surface area contributed by atoms with Gasteiger partial charge >= 0.3 is 11.9 Å². The van der Waals surface area contributed by atoms with Crippen LogP contribution >= 0.6 is 0 Å². The van der Waals surface area contributed by atoms with Crippen molar-refractivity contribution in [3.63, 3.8) is 0 Å². The third-order valence-corrected chi connectivity index (χ3v) is 18.2. The van der Waals surface area contributed by atoms with Gasteiger partial charge in [-0.3, -0.25) is 19.3 Å². The predicted molar refractivity (Wildman–Crippen MR) is 207 cm³/mol. The van der Waals surface area contributed by atoms with Crippen LogP contribution in [-0.2, 0) is 23.9 Å². The Labute approximate surface area is 320 Å². The molecule has 5 aliphatic carbocycles. The molecule has 0 bridgehead atoms. The lowest BCUT2D eigenvalue weighted by Crippen LogP contribution is -2.67. The molecular formula is C45H72N2O6. The fourth-order valence-corrected chi connectivity index (χ4v) is 15.0. The first-order valence-corrected chi connectivity index (χ1v) is 21.5. The first kappa shape index (κ1) is 39.3. The van der Waals surface area contributed by atoms with E-state index in [-0.39, 0.29) is 45.6 Å². The Hall–Kier alpha value is -1.93. The second-order valence-corrected chi connectivity index (χ2v) is 21.4. The van der Waals surface area contributed by atoms with E-state index in [0.29, 0.717) is 48.0 Å². The standard InChI is InChI=1S/C45H72N2O6/c1-29(2)31-12-18-45(26-36(48)47-21-15-30(28-47)46-22-24-52-25-23-46)20-19-43(8)32(38(31)45)10-11-34-42(7)16-14-35(53-37(49)27-40(3,4)39(50)51)41(5,6)33(42)13-17-44(34,43)9/h30-35,38H,1,10-28H2,2-9H3,(H,50,51)/t30-,31-,32+,33-,34+,35-,38+,42-,43+,44+,45+/m0/s1. The van der Waals surface area contributed by atoms with Crippen molar-refractivity contribution in [1.82, 2.24) is 9.80 Å². The predicted octanol–water partition coefficient (Wildman–Crippen LogP) is 8.38. The van der Waals surface area contributed by atoms with E-state index in [1.807, 2.05) is 0 Å². The van der Waals surface area contributed by atoms with Crippen LogP contribution in [0.4, 0.5) is 0 Å². The van der Waals surface area contributed by atoms with E-state index in [1.54, 1.807) is 13.8 Å². The molecule has 5 saturated carbocycles. The Morgan fingerprint density at radius 3 is 2.25 bits per heavy atom. The lowest BCUT2D eigenvalue weighted by atomic mass is 9.32. The summed E-state index contributed by atoms with van der Waals surface area (Å²) in [5, 5.41) is 9.63. The number of hydrogen-bond acceptors (Lipinski definition) is 6. The van der Waals surface area contributed by atoms with Crippen LogP contribution in [0.3, 0.4) is 0 Å². The lowest BCUT2D eigenvalue weighted by molar-refractivity contribution is -0.250. The van der Waals surface area contributed by atoms with Gasteiger partial charge in [-0.05, 0) is 143 Å². The number of fused-ring (bicyclic) bond motifs is 7. The van der Waals surface area contributed by atoms with Crippen molar-refractivity contribution in [2.75, 3.05) is 39.4 Å². The molecule has 7 fully saturated rings. The van der Waals surface area contributed by atoms with Crippen molar-refractivity contribution in [3.05, 3.63) is 12.2 Å². The number of carbonyl (C=O) groups is 3. The normalized spacial score (nSPS) is 43.9. The van der Waals surface area contributed by atoms with E-state index in [1.165, 1.54) is 37.7 Å². The number of morpholine rings is 1. The Kier molecular flexibility index (Phi) is 10.1. The van der Waals surface area contributed by atoms with Gasteiger partial charge in [0.05, 0.1) is 25.0 Å². The molecule has 8 nitrogen and oxygen atoms in total. The molecule has 7 aliphatic rings. The van der Waals surface area contributed by atoms with Gasteiger partial charge in [-0.2, -0.15) is 0 Å². The zero-order chi connectivity index (χ0) is 38.4. The number of hydrogen-bond donors (Lipinski definition) is 1. The van der Waals surface area contributed by atoms with Crippen LogP contribution in [0, 0.1) is 62.1 Å². The summed E-state index contributed by atoms with van der Waals surface area (Å²) in [7, 11) is 0. The van der Waals surface area contributed by atoms with E-state index in [4.69, 9.17) is 9.47 Å². The summed E-state index contributed by atoms with van der Waals surface area (Å²) in [5.41, 5.74) is 0.615. The summed E-state index contributed by atoms with van der Waals surface area (Å²) in [5.74, 6) is 1.68. The number of nitrogens with zero attached hydrogens (tertiary/aromatic N) is 2. The third-order valence-electron chi connectivity index (χ3n) is 18.2. The van der Waals surface area contributed by atoms with Gasteiger partial charge < -0.3 is 19.5 Å². The van der Waals surface area contributed by atoms with Crippen LogP contribution in [0.2, 0.25) is 0 Å². The van der Waals surface area contributed by atoms with Gasteiger partial charge in [0, 0.05) is 44.1 Å². The molecule has 2 saturated heterocycles. The number of esters is 1. The van der Waals surface area contributed by atoms with E-state index < -0.39 is 11.4 Å². The molecule has 0 spiro atoms. The van der Waals surface area contributed by atoms with E-state index >= 15 is 0 Å². The van der Waals surface area contributed by atoms with E-state index in [0.717, 1.165) is 77.9 Å². The highest BCUT2D eigenvalue weighted by Gasteiger charge is 2.71. The number of rotatable bonds is 8. The smallest absolute Gasteiger partial charge is 0.309 e. The summed E-state index contributed by atoms with van der Waals surface area (Å²) in [6.07, 6.45) is 12.8. The number of carbonyl (C=O) groups excluding carboxylic acids is 2. The summed E-state index contributed by atoms with van der Waals surface area (Å²) in [6, 6.07) is 0.473. The number of carboxylic acid groups (broad SMARTS) is 1. The molecule has 1 N–H and O–H groups in total. The molecule has 0 radical (unpaired) electrons.